The maximum atomic E-state index is 2.41. The lowest BCUT2D eigenvalue weighted by molar-refractivity contribution is 1.14. The molecule has 0 aliphatic carbocycles. The van der Waals surface area contributed by atoms with Crippen molar-refractivity contribution < 1.29 is 0 Å². The van der Waals surface area contributed by atoms with Crippen molar-refractivity contribution in [1.82, 2.24) is 0 Å². The summed E-state index contributed by atoms with van der Waals surface area (Å²) in [5, 5.41) is 8.02. The molecule has 0 aliphatic rings. The van der Waals surface area contributed by atoms with Crippen LogP contribution < -0.4 is 0 Å². The third kappa shape index (κ3) is 3.65. The van der Waals surface area contributed by atoms with Crippen LogP contribution in [0.5, 0.6) is 0 Å². The van der Waals surface area contributed by atoms with Crippen LogP contribution in [0.1, 0.15) is 25.0 Å². The molecule has 0 atom stereocenters. The van der Waals surface area contributed by atoms with Gasteiger partial charge in [0, 0.05) is 20.2 Å². The molecule has 7 aromatic rings. The van der Waals surface area contributed by atoms with Crippen molar-refractivity contribution in [2.24, 2.45) is 0 Å². The molecule has 1 heteroatoms. The molecule has 6 aromatic carbocycles. The highest BCUT2D eigenvalue weighted by Crippen LogP contribution is 2.42. The number of thiophene rings is 1. The van der Waals surface area contributed by atoms with Gasteiger partial charge >= 0.3 is 0 Å². The molecule has 0 aliphatic heterocycles. The summed E-state index contributed by atoms with van der Waals surface area (Å²) in [6, 6.07) is 40.9. The van der Waals surface area contributed by atoms with E-state index in [0.717, 1.165) is 12.8 Å². The van der Waals surface area contributed by atoms with Crippen LogP contribution in [0.3, 0.4) is 0 Å². The Morgan fingerprint density at radius 1 is 0.486 bits per heavy atom. The van der Waals surface area contributed by atoms with Crippen molar-refractivity contribution >= 4 is 53.1 Å². The third-order valence-electron chi connectivity index (χ3n) is 7.79. The van der Waals surface area contributed by atoms with E-state index in [1.54, 1.807) is 0 Å². The van der Waals surface area contributed by atoms with Crippen LogP contribution in [-0.4, -0.2) is 0 Å². The topological polar surface area (TPSA) is 0 Å². The molecule has 0 unspecified atom stereocenters. The van der Waals surface area contributed by atoms with Crippen molar-refractivity contribution in [3.8, 4) is 22.3 Å². The van der Waals surface area contributed by atoms with E-state index in [2.05, 4.69) is 123 Å². The van der Waals surface area contributed by atoms with Gasteiger partial charge in [-0.3, -0.25) is 0 Å². The summed E-state index contributed by atoms with van der Waals surface area (Å²) in [4.78, 5) is 0. The Balaban J connectivity index is 1.40. The molecule has 0 bridgehead atoms. The highest BCUT2D eigenvalue weighted by Gasteiger charge is 2.14. The SMILES string of the molecule is CCc1ccc2sc3c(-c4ccc(-c5cc6ccccc6c6ccccc56)cc4)cc(CC)cc3c2c1. The second kappa shape index (κ2) is 8.87. The first-order chi connectivity index (χ1) is 18.2. The van der Waals surface area contributed by atoms with Gasteiger partial charge in [-0.25, -0.2) is 0 Å². The highest BCUT2D eigenvalue weighted by molar-refractivity contribution is 7.26. The van der Waals surface area contributed by atoms with Crippen molar-refractivity contribution in [1.29, 1.82) is 0 Å². The lowest BCUT2D eigenvalue weighted by Crippen LogP contribution is -1.87. The zero-order valence-corrected chi connectivity index (χ0v) is 22.0. The smallest absolute Gasteiger partial charge is 0.0434 e. The van der Waals surface area contributed by atoms with Crippen molar-refractivity contribution in [2.75, 3.05) is 0 Å². The largest absolute Gasteiger partial charge is 0.135 e. The van der Waals surface area contributed by atoms with Crippen LogP contribution in [0.15, 0.2) is 109 Å². The molecule has 0 saturated heterocycles. The Morgan fingerprint density at radius 3 is 1.89 bits per heavy atom. The second-order valence-electron chi connectivity index (χ2n) is 9.93. The molecular formula is C36H28S. The average molecular weight is 493 g/mol. The fourth-order valence-corrected chi connectivity index (χ4v) is 6.95. The van der Waals surface area contributed by atoms with Gasteiger partial charge in [0.05, 0.1) is 0 Å². The quantitative estimate of drug-likeness (QED) is 0.214. The standard InChI is InChI=1S/C36H28S/c1-3-23-13-18-35-33(19-23)34-21-24(4-2)20-32(36(34)37-35)26-16-14-25(15-17-26)31-22-27-9-5-6-10-28(27)29-11-7-8-12-30(29)31/h5-22H,3-4H2,1-2H3. The zero-order chi connectivity index (χ0) is 24.9. The number of fused-ring (bicyclic) bond motifs is 6. The van der Waals surface area contributed by atoms with Gasteiger partial charge in [0.2, 0.25) is 0 Å². The Labute approximate surface area is 221 Å². The average Bonchev–Trinajstić information content (AvgIpc) is 3.34. The minimum Gasteiger partial charge on any atom is -0.135 e. The maximum Gasteiger partial charge on any atom is 0.0434 e. The molecule has 178 valence electrons. The second-order valence-corrected chi connectivity index (χ2v) is 11.0. The highest BCUT2D eigenvalue weighted by atomic mass is 32.1. The number of benzene rings is 6. The Bertz CT molecular complexity index is 1940. The number of hydrogen-bond donors (Lipinski definition) is 0. The zero-order valence-electron chi connectivity index (χ0n) is 21.2. The van der Waals surface area contributed by atoms with E-state index >= 15 is 0 Å². The third-order valence-corrected chi connectivity index (χ3v) is 9.01. The predicted molar refractivity (Wildman–Crippen MR) is 164 cm³/mol. The molecular weight excluding hydrogens is 464 g/mol. The molecule has 0 fully saturated rings. The lowest BCUT2D eigenvalue weighted by atomic mass is 9.92. The minimum absolute atomic E-state index is 1.04. The summed E-state index contributed by atoms with van der Waals surface area (Å²) in [6.45, 7) is 4.49. The van der Waals surface area contributed by atoms with E-state index in [4.69, 9.17) is 0 Å². The molecule has 0 nitrogen and oxygen atoms in total. The number of aryl methyl sites for hydroxylation is 2. The first-order valence-corrected chi connectivity index (χ1v) is 14.0. The van der Waals surface area contributed by atoms with E-state index in [-0.39, 0.29) is 0 Å². The van der Waals surface area contributed by atoms with Crippen LogP contribution in [0.4, 0.5) is 0 Å². The first kappa shape index (κ1) is 22.3. The summed E-state index contributed by atoms with van der Waals surface area (Å²) in [5.41, 5.74) is 8.00. The van der Waals surface area contributed by atoms with Gasteiger partial charge in [0.15, 0.2) is 0 Å². The van der Waals surface area contributed by atoms with E-state index in [0.29, 0.717) is 0 Å². The van der Waals surface area contributed by atoms with E-state index in [1.165, 1.54) is 75.1 Å². The lowest BCUT2D eigenvalue weighted by Gasteiger charge is -2.12. The maximum absolute atomic E-state index is 2.41. The molecule has 37 heavy (non-hydrogen) atoms. The van der Waals surface area contributed by atoms with Crippen LogP contribution in [0.25, 0.3) is 64.0 Å². The molecule has 1 aromatic heterocycles. The van der Waals surface area contributed by atoms with E-state index in [1.807, 2.05) is 11.3 Å². The van der Waals surface area contributed by atoms with Gasteiger partial charge in [-0.1, -0.05) is 92.7 Å². The van der Waals surface area contributed by atoms with Gasteiger partial charge in [-0.05, 0) is 98.1 Å². The van der Waals surface area contributed by atoms with Gasteiger partial charge in [0.1, 0.15) is 0 Å². The summed E-state index contributed by atoms with van der Waals surface area (Å²) in [7, 11) is 0. The summed E-state index contributed by atoms with van der Waals surface area (Å²) < 4.78 is 2.77. The fourth-order valence-electron chi connectivity index (χ4n) is 5.75. The Hall–Kier alpha value is -3.94. The van der Waals surface area contributed by atoms with Crippen molar-refractivity contribution in [3.63, 3.8) is 0 Å². The van der Waals surface area contributed by atoms with E-state index in [9.17, 15) is 0 Å². The summed E-state index contributed by atoms with van der Waals surface area (Å²) in [5.74, 6) is 0. The van der Waals surface area contributed by atoms with Gasteiger partial charge in [-0.15, -0.1) is 11.3 Å². The van der Waals surface area contributed by atoms with Crippen LogP contribution in [-0.2, 0) is 12.8 Å². The summed E-state index contributed by atoms with van der Waals surface area (Å²) in [6.07, 6.45) is 2.10. The Kier molecular flexibility index (Phi) is 5.34. The number of rotatable bonds is 4. The summed E-state index contributed by atoms with van der Waals surface area (Å²) >= 11 is 1.93. The monoisotopic (exact) mass is 492 g/mol. The fraction of sp³-hybridized carbons (Fsp3) is 0.111. The molecule has 0 saturated carbocycles. The predicted octanol–water partition coefficient (Wildman–Crippen LogP) is 10.8. The molecule has 0 radical (unpaired) electrons. The molecule has 0 spiro atoms. The molecule has 0 N–H and O–H groups in total. The van der Waals surface area contributed by atoms with Gasteiger partial charge < -0.3 is 0 Å². The van der Waals surface area contributed by atoms with Crippen molar-refractivity contribution in [3.05, 3.63) is 120 Å². The molecule has 0 amide bonds. The molecule has 1 heterocycles. The number of hydrogen-bond acceptors (Lipinski definition) is 1. The normalized spacial score (nSPS) is 11.7. The van der Waals surface area contributed by atoms with Gasteiger partial charge in [0.25, 0.3) is 0 Å². The van der Waals surface area contributed by atoms with Crippen LogP contribution in [0.2, 0.25) is 0 Å². The Morgan fingerprint density at radius 2 is 1.14 bits per heavy atom. The van der Waals surface area contributed by atoms with Gasteiger partial charge in [-0.2, -0.15) is 0 Å². The van der Waals surface area contributed by atoms with Crippen LogP contribution >= 0.6 is 11.3 Å². The van der Waals surface area contributed by atoms with E-state index < -0.39 is 0 Å². The first-order valence-electron chi connectivity index (χ1n) is 13.2. The van der Waals surface area contributed by atoms with Crippen LogP contribution in [0, 0.1) is 0 Å². The minimum atomic E-state index is 1.04. The van der Waals surface area contributed by atoms with Crippen molar-refractivity contribution in [2.45, 2.75) is 26.7 Å². The molecule has 7 rings (SSSR count).